The molecular formula is C29H41N7O6S. The number of hydrogen-bond donors (Lipinski definition) is 3. The Morgan fingerprint density at radius 3 is 2.51 bits per heavy atom. The predicted octanol–water partition coefficient (Wildman–Crippen LogP) is 3.13. The monoisotopic (exact) mass is 615 g/mol. The maximum Gasteiger partial charge on any atom is 0.246 e. The largest absolute Gasteiger partial charge is 0.391 e. The maximum atomic E-state index is 13.7. The van der Waals surface area contributed by atoms with Gasteiger partial charge in [0.2, 0.25) is 17.7 Å². The molecule has 14 heteroatoms. The summed E-state index contributed by atoms with van der Waals surface area (Å²) in [6.45, 7) is 9.78. The number of nitrogens with zero attached hydrogens (tertiary/aromatic N) is 5. The van der Waals surface area contributed by atoms with E-state index < -0.39 is 35.4 Å². The molecule has 0 saturated carbocycles. The average Bonchev–Trinajstić information content (AvgIpc) is 3.57. The Morgan fingerprint density at radius 1 is 1.19 bits per heavy atom. The van der Waals surface area contributed by atoms with Crippen LogP contribution in [0.15, 0.2) is 34.9 Å². The molecule has 2 aromatic rings. The third-order valence-corrected chi connectivity index (χ3v) is 8.04. The number of aryl methyl sites for hydroxylation is 1. The Bertz CT molecular complexity index is 1290. The molecule has 1 aliphatic rings. The number of rotatable bonds is 14. The van der Waals surface area contributed by atoms with Crippen molar-refractivity contribution in [3.05, 3.63) is 51.5 Å². The molecule has 0 unspecified atom stereocenters. The first kappa shape index (κ1) is 33.9. The molecule has 43 heavy (non-hydrogen) atoms. The zero-order chi connectivity index (χ0) is 31.6. The van der Waals surface area contributed by atoms with Gasteiger partial charge in [0.25, 0.3) is 0 Å². The van der Waals surface area contributed by atoms with Crippen LogP contribution in [0.4, 0.5) is 0 Å². The number of aromatic nitrogens is 1. The number of thiazole rings is 1. The van der Waals surface area contributed by atoms with Crippen molar-refractivity contribution in [1.29, 1.82) is 0 Å². The number of amides is 3. The average molecular weight is 616 g/mol. The third kappa shape index (κ3) is 9.73. The van der Waals surface area contributed by atoms with Crippen molar-refractivity contribution < 1.29 is 29.0 Å². The number of carbonyl (C=O) groups excluding carboxylic acids is 3. The SMILES string of the molecule is Cc1ncsc1-c1ccc([C@H](C)NC(=O)[C@@H]2C[C@@H](O)CN2C(=O)[C@@H](NC(=O)COCCOCCN=[N+]=[N-])C(C)(C)C)cc1. The molecule has 1 fully saturated rings. The van der Waals surface area contributed by atoms with E-state index in [4.69, 9.17) is 15.0 Å². The molecule has 1 aromatic carbocycles. The summed E-state index contributed by atoms with van der Waals surface area (Å²) < 4.78 is 10.6. The van der Waals surface area contributed by atoms with Gasteiger partial charge in [-0.05, 0) is 35.9 Å². The number of aliphatic hydroxyl groups excluding tert-OH is 1. The van der Waals surface area contributed by atoms with Crippen molar-refractivity contribution in [2.75, 3.05) is 39.5 Å². The Morgan fingerprint density at radius 2 is 1.88 bits per heavy atom. The Hall–Kier alpha value is -3.55. The molecule has 3 amide bonds. The minimum atomic E-state index is -0.954. The van der Waals surface area contributed by atoms with Crippen LogP contribution in [-0.2, 0) is 23.9 Å². The summed E-state index contributed by atoms with van der Waals surface area (Å²) in [5.74, 6) is -1.31. The van der Waals surface area contributed by atoms with Crippen molar-refractivity contribution in [2.45, 2.75) is 65.3 Å². The molecule has 1 aromatic heterocycles. The van der Waals surface area contributed by atoms with Crippen LogP contribution in [0.5, 0.6) is 0 Å². The first-order valence-electron chi connectivity index (χ1n) is 14.2. The predicted molar refractivity (Wildman–Crippen MR) is 162 cm³/mol. The van der Waals surface area contributed by atoms with E-state index in [0.29, 0.717) is 0 Å². The summed E-state index contributed by atoms with van der Waals surface area (Å²) in [7, 11) is 0. The fraction of sp³-hybridized carbons (Fsp3) is 0.586. The smallest absolute Gasteiger partial charge is 0.246 e. The van der Waals surface area contributed by atoms with Crippen LogP contribution >= 0.6 is 11.3 Å². The minimum absolute atomic E-state index is 0.0136. The lowest BCUT2D eigenvalue weighted by Crippen LogP contribution is -2.58. The summed E-state index contributed by atoms with van der Waals surface area (Å²) >= 11 is 1.57. The zero-order valence-electron chi connectivity index (χ0n) is 25.3. The molecule has 3 rings (SSSR count). The summed E-state index contributed by atoms with van der Waals surface area (Å²) in [6.07, 6.45) is -0.767. The number of ether oxygens (including phenoxy) is 2. The molecule has 0 radical (unpaired) electrons. The van der Waals surface area contributed by atoms with Gasteiger partial charge in [0.05, 0.1) is 48.0 Å². The van der Waals surface area contributed by atoms with Gasteiger partial charge in [-0.25, -0.2) is 4.98 Å². The van der Waals surface area contributed by atoms with E-state index >= 15 is 0 Å². The van der Waals surface area contributed by atoms with Gasteiger partial charge in [-0.2, -0.15) is 0 Å². The Labute approximate surface area is 255 Å². The molecule has 0 spiro atoms. The number of nitrogens with one attached hydrogen (secondary N) is 2. The van der Waals surface area contributed by atoms with Gasteiger partial charge in [0.1, 0.15) is 18.7 Å². The number of benzene rings is 1. The van der Waals surface area contributed by atoms with Gasteiger partial charge in [-0.1, -0.05) is 50.2 Å². The van der Waals surface area contributed by atoms with Crippen molar-refractivity contribution in [1.82, 2.24) is 20.5 Å². The van der Waals surface area contributed by atoms with E-state index in [1.54, 1.807) is 11.3 Å². The molecular weight excluding hydrogens is 574 g/mol. The van der Waals surface area contributed by atoms with Crippen LogP contribution in [-0.4, -0.2) is 90.4 Å². The van der Waals surface area contributed by atoms with Gasteiger partial charge >= 0.3 is 0 Å². The Kier molecular flexibility index (Phi) is 12.5. The topological polar surface area (TPSA) is 179 Å². The van der Waals surface area contributed by atoms with E-state index in [2.05, 4.69) is 25.6 Å². The van der Waals surface area contributed by atoms with Crippen molar-refractivity contribution in [3.8, 4) is 10.4 Å². The summed E-state index contributed by atoms with van der Waals surface area (Å²) in [4.78, 5) is 49.2. The fourth-order valence-electron chi connectivity index (χ4n) is 4.75. The molecule has 13 nitrogen and oxygen atoms in total. The lowest BCUT2D eigenvalue weighted by Gasteiger charge is -2.35. The van der Waals surface area contributed by atoms with E-state index in [-0.39, 0.29) is 57.9 Å². The van der Waals surface area contributed by atoms with E-state index in [0.717, 1.165) is 21.7 Å². The standard InChI is InChI=1S/C29H41N7O6S/c1-18(20-6-8-21(9-7-20)25-19(2)31-17-43-25)33-27(39)23-14-22(37)15-36(23)28(40)26(29(3,4)5)34-24(38)16-42-13-12-41-11-10-32-35-30/h6-9,17-18,22-23,26,37H,10-16H2,1-5H3,(H,33,39)(H,34,38)/t18-,22+,23-,26+/m0/s1. The van der Waals surface area contributed by atoms with Gasteiger partial charge in [0.15, 0.2) is 0 Å². The minimum Gasteiger partial charge on any atom is -0.391 e. The van der Waals surface area contributed by atoms with Crippen molar-refractivity contribution in [2.24, 2.45) is 10.5 Å². The van der Waals surface area contributed by atoms with Gasteiger partial charge in [-0.3, -0.25) is 14.4 Å². The van der Waals surface area contributed by atoms with Gasteiger partial charge in [0, 0.05) is 24.4 Å². The summed E-state index contributed by atoms with van der Waals surface area (Å²) in [5.41, 5.74) is 12.3. The summed E-state index contributed by atoms with van der Waals surface area (Å²) in [5, 5.41) is 19.5. The third-order valence-electron chi connectivity index (χ3n) is 7.06. The van der Waals surface area contributed by atoms with E-state index in [1.165, 1.54) is 4.90 Å². The first-order valence-corrected chi connectivity index (χ1v) is 15.0. The van der Waals surface area contributed by atoms with Gasteiger partial charge < -0.3 is 30.1 Å². The maximum absolute atomic E-state index is 13.7. The number of azide groups is 1. The zero-order valence-corrected chi connectivity index (χ0v) is 26.1. The van der Waals surface area contributed by atoms with Crippen LogP contribution in [0, 0.1) is 12.3 Å². The fourth-order valence-corrected chi connectivity index (χ4v) is 5.56. The highest BCUT2D eigenvalue weighted by Gasteiger charge is 2.44. The van der Waals surface area contributed by atoms with Crippen LogP contribution < -0.4 is 10.6 Å². The molecule has 1 aliphatic heterocycles. The quantitative estimate of drug-likeness (QED) is 0.126. The van der Waals surface area contributed by atoms with E-state index in [1.807, 2.05) is 64.4 Å². The molecule has 0 aliphatic carbocycles. The first-order chi connectivity index (χ1) is 20.4. The summed E-state index contributed by atoms with van der Waals surface area (Å²) in [6, 6.07) is 5.72. The second kappa shape index (κ2) is 15.8. The lowest BCUT2D eigenvalue weighted by atomic mass is 9.85. The lowest BCUT2D eigenvalue weighted by molar-refractivity contribution is -0.144. The van der Waals surface area contributed by atoms with Crippen LogP contribution in [0.25, 0.3) is 20.9 Å². The van der Waals surface area contributed by atoms with Crippen LogP contribution in [0.2, 0.25) is 0 Å². The number of likely N-dealkylation sites (tertiary alicyclic amines) is 1. The van der Waals surface area contributed by atoms with Crippen LogP contribution in [0.1, 0.15) is 51.4 Å². The molecule has 4 atom stereocenters. The molecule has 1 saturated heterocycles. The van der Waals surface area contributed by atoms with Crippen molar-refractivity contribution in [3.63, 3.8) is 0 Å². The van der Waals surface area contributed by atoms with Gasteiger partial charge in [-0.15, -0.1) is 11.3 Å². The van der Waals surface area contributed by atoms with Crippen molar-refractivity contribution >= 4 is 29.1 Å². The second-order valence-electron chi connectivity index (χ2n) is 11.5. The number of aliphatic hydroxyl groups is 1. The highest BCUT2D eigenvalue weighted by Crippen LogP contribution is 2.29. The second-order valence-corrected chi connectivity index (χ2v) is 12.4. The molecule has 0 bridgehead atoms. The highest BCUT2D eigenvalue weighted by atomic mass is 32.1. The van der Waals surface area contributed by atoms with E-state index in [9.17, 15) is 19.5 Å². The number of carbonyl (C=O) groups is 3. The highest BCUT2D eigenvalue weighted by molar-refractivity contribution is 7.13. The van der Waals surface area contributed by atoms with Crippen LogP contribution in [0.3, 0.4) is 0 Å². The molecule has 2 heterocycles. The number of β-amino-alcohol motifs (C(OH)–C–C–N with tert-alkyl or cyclic N) is 1. The Balaban J connectivity index is 1.59. The molecule has 3 N–H and O–H groups in total. The normalized spacial score (nSPS) is 18.0. The number of hydrogen-bond acceptors (Lipinski definition) is 9. The molecule has 234 valence electrons.